The van der Waals surface area contributed by atoms with Crippen molar-refractivity contribution in [3.8, 4) is 0 Å². The lowest BCUT2D eigenvalue weighted by atomic mass is 10.1. The number of carboxylic acids is 1. The number of carbonyl (C=O) groups is 1. The standard InChI is InChI=1S/C12H16N2O2.ClH/c15-12(16)11-4-2-1-3-10(11)9-14-7-5-13-6-8-14;/h1-4,13H,5-9H2,(H,15,16);1H. The van der Waals surface area contributed by atoms with E-state index in [-0.39, 0.29) is 12.4 Å². The van der Waals surface area contributed by atoms with Gasteiger partial charge in [0.05, 0.1) is 5.56 Å². The van der Waals surface area contributed by atoms with E-state index >= 15 is 0 Å². The molecule has 1 saturated heterocycles. The van der Waals surface area contributed by atoms with Gasteiger partial charge in [0, 0.05) is 32.7 Å². The maximum atomic E-state index is 11.0. The lowest BCUT2D eigenvalue weighted by Gasteiger charge is -2.27. The van der Waals surface area contributed by atoms with E-state index in [1.807, 2.05) is 12.1 Å². The summed E-state index contributed by atoms with van der Waals surface area (Å²) in [5, 5.41) is 12.3. The van der Waals surface area contributed by atoms with E-state index in [0.717, 1.165) is 38.3 Å². The quantitative estimate of drug-likeness (QED) is 0.854. The Bertz CT molecular complexity index is 379. The van der Waals surface area contributed by atoms with Gasteiger partial charge in [-0.05, 0) is 11.6 Å². The van der Waals surface area contributed by atoms with Crippen molar-refractivity contribution < 1.29 is 9.90 Å². The fourth-order valence-corrected chi connectivity index (χ4v) is 1.98. The van der Waals surface area contributed by atoms with Crippen LogP contribution in [-0.2, 0) is 6.54 Å². The van der Waals surface area contributed by atoms with Crippen LogP contribution in [0.25, 0.3) is 0 Å². The van der Waals surface area contributed by atoms with Gasteiger partial charge in [0.25, 0.3) is 0 Å². The second kappa shape index (κ2) is 6.59. The molecule has 0 aromatic heterocycles. The third-order valence-electron chi connectivity index (χ3n) is 2.85. The van der Waals surface area contributed by atoms with Crippen molar-refractivity contribution in [3.63, 3.8) is 0 Å². The SMILES string of the molecule is Cl.O=C(O)c1ccccc1CN1CCNCC1. The Hall–Kier alpha value is -1.10. The van der Waals surface area contributed by atoms with E-state index in [2.05, 4.69) is 10.2 Å². The van der Waals surface area contributed by atoms with E-state index in [1.54, 1.807) is 12.1 Å². The third-order valence-corrected chi connectivity index (χ3v) is 2.85. The molecule has 2 N–H and O–H groups in total. The summed E-state index contributed by atoms with van der Waals surface area (Å²) >= 11 is 0. The summed E-state index contributed by atoms with van der Waals surface area (Å²) < 4.78 is 0. The normalized spacial score (nSPS) is 16.2. The molecule has 0 bridgehead atoms. The number of rotatable bonds is 3. The van der Waals surface area contributed by atoms with E-state index in [0.29, 0.717) is 5.56 Å². The fourth-order valence-electron chi connectivity index (χ4n) is 1.98. The Kier molecular flexibility index (Phi) is 5.41. The van der Waals surface area contributed by atoms with Crippen LogP contribution in [0, 0.1) is 0 Å². The Labute approximate surface area is 107 Å². The van der Waals surface area contributed by atoms with Crippen LogP contribution in [0.3, 0.4) is 0 Å². The average molecular weight is 257 g/mol. The summed E-state index contributed by atoms with van der Waals surface area (Å²) in [6.07, 6.45) is 0. The zero-order valence-corrected chi connectivity index (χ0v) is 10.4. The first-order valence-corrected chi connectivity index (χ1v) is 5.51. The molecule has 1 fully saturated rings. The Morgan fingerprint density at radius 2 is 1.94 bits per heavy atom. The van der Waals surface area contributed by atoms with Gasteiger partial charge in [0.1, 0.15) is 0 Å². The number of benzene rings is 1. The summed E-state index contributed by atoms with van der Waals surface area (Å²) in [6.45, 7) is 4.65. The number of carboxylic acid groups (broad SMARTS) is 1. The second-order valence-corrected chi connectivity index (χ2v) is 3.99. The molecule has 0 unspecified atom stereocenters. The smallest absolute Gasteiger partial charge is 0.336 e. The predicted octanol–water partition coefficient (Wildman–Crippen LogP) is 1.21. The molecular weight excluding hydrogens is 240 g/mol. The summed E-state index contributed by atoms with van der Waals surface area (Å²) in [5.41, 5.74) is 1.32. The van der Waals surface area contributed by atoms with Crippen LogP contribution in [0.4, 0.5) is 0 Å². The van der Waals surface area contributed by atoms with Crippen molar-refractivity contribution in [2.24, 2.45) is 0 Å². The Morgan fingerprint density at radius 1 is 1.29 bits per heavy atom. The van der Waals surface area contributed by atoms with Gasteiger partial charge in [-0.15, -0.1) is 12.4 Å². The molecule has 4 nitrogen and oxygen atoms in total. The highest BCUT2D eigenvalue weighted by molar-refractivity contribution is 5.89. The van der Waals surface area contributed by atoms with E-state index in [9.17, 15) is 4.79 Å². The van der Waals surface area contributed by atoms with Gasteiger partial charge in [-0.1, -0.05) is 18.2 Å². The Morgan fingerprint density at radius 3 is 2.59 bits per heavy atom. The average Bonchev–Trinajstić information content (AvgIpc) is 2.31. The van der Waals surface area contributed by atoms with E-state index in [1.165, 1.54) is 0 Å². The maximum Gasteiger partial charge on any atom is 0.336 e. The number of nitrogens with zero attached hydrogens (tertiary/aromatic N) is 1. The minimum atomic E-state index is -0.842. The predicted molar refractivity (Wildman–Crippen MR) is 68.8 cm³/mol. The van der Waals surface area contributed by atoms with Crippen LogP contribution in [0.2, 0.25) is 0 Å². The van der Waals surface area contributed by atoms with Crippen LogP contribution >= 0.6 is 12.4 Å². The van der Waals surface area contributed by atoms with Crippen LogP contribution in [-0.4, -0.2) is 42.2 Å². The molecule has 0 spiro atoms. The van der Waals surface area contributed by atoms with Crippen LogP contribution in [0.1, 0.15) is 15.9 Å². The first kappa shape index (κ1) is 14.0. The van der Waals surface area contributed by atoms with Gasteiger partial charge in [-0.2, -0.15) is 0 Å². The number of hydrogen-bond donors (Lipinski definition) is 2. The van der Waals surface area contributed by atoms with Crippen molar-refractivity contribution in [2.45, 2.75) is 6.54 Å². The summed E-state index contributed by atoms with van der Waals surface area (Å²) in [5.74, 6) is -0.842. The maximum absolute atomic E-state index is 11.0. The minimum absolute atomic E-state index is 0. The summed E-state index contributed by atoms with van der Waals surface area (Å²) in [4.78, 5) is 13.3. The highest BCUT2D eigenvalue weighted by atomic mass is 35.5. The zero-order valence-electron chi connectivity index (χ0n) is 9.56. The zero-order chi connectivity index (χ0) is 11.4. The largest absolute Gasteiger partial charge is 0.478 e. The van der Waals surface area contributed by atoms with Crippen LogP contribution in [0.15, 0.2) is 24.3 Å². The van der Waals surface area contributed by atoms with E-state index in [4.69, 9.17) is 5.11 Å². The number of piperazine rings is 1. The fraction of sp³-hybridized carbons (Fsp3) is 0.417. The van der Waals surface area contributed by atoms with Crippen LogP contribution in [0.5, 0.6) is 0 Å². The summed E-state index contributed by atoms with van der Waals surface area (Å²) in [7, 11) is 0. The lowest BCUT2D eigenvalue weighted by Crippen LogP contribution is -2.43. The van der Waals surface area contributed by atoms with Crippen LogP contribution < -0.4 is 5.32 Å². The molecule has 1 aliphatic heterocycles. The molecule has 1 aromatic carbocycles. The molecule has 2 rings (SSSR count). The minimum Gasteiger partial charge on any atom is -0.478 e. The lowest BCUT2D eigenvalue weighted by molar-refractivity contribution is 0.0694. The second-order valence-electron chi connectivity index (χ2n) is 3.99. The first-order chi connectivity index (χ1) is 7.77. The topological polar surface area (TPSA) is 52.6 Å². The van der Waals surface area contributed by atoms with E-state index < -0.39 is 5.97 Å². The molecule has 0 atom stereocenters. The van der Waals surface area contributed by atoms with Crippen molar-refractivity contribution in [2.75, 3.05) is 26.2 Å². The van der Waals surface area contributed by atoms with Crippen molar-refractivity contribution in [1.29, 1.82) is 0 Å². The molecule has 0 radical (unpaired) electrons. The molecule has 1 aliphatic rings. The van der Waals surface area contributed by atoms with Gasteiger partial charge in [-0.3, -0.25) is 4.90 Å². The number of hydrogen-bond acceptors (Lipinski definition) is 3. The first-order valence-electron chi connectivity index (χ1n) is 5.51. The van der Waals surface area contributed by atoms with Crippen molar-refractivity contribution >= 4 is 18.4 Å². The van der Waals surface area contributed by atoms with Gasteiger partial charge in [0.2, 0.25) is 0 Å². The highest BCUT2D eigenvalue weighted by Crippen LogP contribution is 2.12. The molecule has 0 aliphatic carbocycles. The Balaban J connectivity index is 0.00000144. The monoisotopic (exact) mass is 256 g/mol. The summed E-state index contributed by atoms with van der Waals surface area (Å²) in [6, 6.07) is 7.22. The van der Waals surface area contributed by atoms with Gasteiger partial charge >= 0.3 is 5.97 Å². The van der Waals surface area contributed by atoms with Gasteiger partial charge in [-0.25, -0.2) is 4.79 Å². The van der Waals surface area contributed by atoms with Crippen molar-refractivity contribution in [1.82, 2.24) is 10.2 Å². The molecule has 5 heteroatoms. The highest BCUT2D eigenvalue weighted by Gasteiger charge is 2.14. The molecular formula is C12H17ClN2O2. The third kappa shape index (κ3) is 3.70. The molecule has 0 saturated carbocycles. The van der Waals surface area contributed by atoms with Crippen molar-refractivity contribution in [3.05, 3.63) is 35.4 Å². The van der Waals surface area contributed by atoms with Gasteiger partial charge < -0.3 is 10.4 Å². The molecule has 0 amide bonds. The number of aromatic carboxylic acids is 1. The number of nitrogens with one attached hydrogen (secondary N) is 1. The molecule has 1 aromatic rings. The molecule has 17 heavy (non-hydrogen) atoms. The molecule has 94 valence electrons. The van der Waals surface area contributed by atoms with Gasteiger partial charge in [0.15, 0.2) is 0 Å². The molecule has 1 heterocycles. The number of halogens is 1.